The standard InChI is InChI=1S/C49H46N4O10/c1-30-26-52(46(57)51-44(30)56)45-42-43(55)48(63-45,28-53(42)41(54)25-50-47(58)61-27-40-38-15-9-7-13-36(38)37-14-8-10-16-39(37)40)29-62-49(31-11-5-4-6-12-31,32-17-21-34(59-2)22-18-32)33-19-23-35(60-3)24-20-33/h4-24,26,40,42-43,45,55H,25,27-29H2,1-3H3,(H,50,58)(H,51,56,57)/t42-,43+,45-,48-/m1/s1. The van der Waals surface area contributed by atoms with Crippen molar-refractivity contribution < 1.29 is 38.4 Å². The van der Waals surface area contributed by atoms with Crippen LogP contribution in [0.1, 0.15) is 45.5 Å². The quantitative estimate of drug-likeness (QED) is 0.131. The van der Waals surface area contributed by atoms with Gasteiger partial charge in [-0.15, -0.1) is 0 Å². The molecule has 0 unspecified atom stereocenters. The zero-order valence-electron chi connectivity index (χ0n) is 34.9. The molecule has 2 aliphatic heterocycles. The lowest BCUT2D eigenvalue weighted by atomic mass is 9.79. The van der Waals surface area contributed by atoms with E-state index in [1.807, 2.05) is 127 Å². The summed E-state index contributed by atoms with van der Waals surface area (Å²) in [7, 11) is 3.17. The van der Waals surface area contributed by atoms with Gasteiger partial charge in [0, 0.05) is 17.7 Å². The molecule has 4 atom stereocenters. The number of aliphatic hydroxyl groups is 1. The molecule has 9 rings (SSSR count). The highest BCUT2D eigenvalue weighted by Gasteiger charge is 2.66. The average molecular weight is 851 g/mol. The van der Waals surface area contributed by atoms with Crippen molar-refractivity contribution in [1.29, 1.82) is 0 Å². The Labute approximate surface area is 362 Å². The SMILES string of the molecule is COc1ccc(C(OC[C@@]23CN(C(=O)CNC(=O)OCC4c5ccccc5-c5ccccc54)[C@@H]([C@H](n4cc(C)c(=O)[nH]c4=O)O2)[C@@H]3O)(c2ccccc2)c2ccc(OC)cc2)cc1. The molecule has 14 nitrogen and oxygen atoms in total. The number of amides is 2. The van der Waals surface area contributed by atoms with Crippen molar-refractivity contribution in [3.8, 4) is 22.6 Å². The molecule has 0 radical (unpaired) electrons. The molecule has 1 aliphatic carbocycles. The number of hydrogen-bond acceptors (Lipinski definition) is 10. The van der Waals surface area contributed by atoms with Gasteiger partial charge in [0.25, 0.3) is 5.56 Å². The van der Waals surface area contributed by atoms with Crippen LogP contribution in [0.15, 0.2) is 143 Å². The Morgan fingerprint density at radius 2 is 1.37 bits per heavy atom. The number of alkyl carbamates (subject to hydrolysis) is 1. The number of aromatic amines is 1. The maximum absolute atomic E-state index is 14.3. The number of fused-ring (bicyclic) bond motifs is 5. The van der Waals surface area contributed by atoms with E-state index in [-0.39, 0.29) is 31.2 Å². The van der Waals surface area contributed by atoms with Gasteiger partial charge in [0.2, 0.25) is 5.91 Å². The van der Waals surface area contributed by atoms with Crippen molar-refractivity contribution in [3.05, 3.63) is 188 Å². The predicted octanol–water partition coefficient (Wildman–Crippen LogP) is 5.25. The van der Waals surface area contributed by atoms with Crippen LogP contribution in [0.3, 0.4) is 0 Å². The van der Waals surface area contributed by atoms with E-state index in [0.717, 1.165) is 38.9 Å². The number of aliphatic hydroxyl groups excluding tert-OH is 1. The van der Waals surface area contributed by atoms with Gasteiger partial charge in [-0.1, -0.05) is 103 Å². The fourth-order valence-electron chi connectivity index (χ4n) is 9.32. The van der Waals surface area contributed by atoms with Crippen LogP contribution < -0.4 is 26.0 Å². The van der Waals surface area contributed by atoms with Crippen molar-refractivity contribution in [2.45, 2.75) is 42.4 Å². The number of likely N-dealkylation sites (tertiary alicyclic amines) is 1. The minimum absolute atomic E-state index is 0.0511. The second kappa shape index (κ2) is 16.7. The summed E-state index contributed by atoms with van der Waals surface area (Å²) in [5.41, 5.74) is 2.40. The number of carbonyl (C=O) groups excluding carboxylic acids is 2. The number of rotatable bonds is 13. The van der Waals surface area contributed by atoms with Crippen LogP contribution in [-0.4, -0.2) is 89.8 Å². The number of morpholine rings is 1. The molecule has 3 heterocycles. The Morgan fingerprint density at radius 3 is 1.95 bits per heavy atom. The number of nitrogens with one attached hydrogen (secondary N) is 2. The van der Waals surface area contributed by atoms with Crippen LogP contribution in [0, 0.1) is 6.92 Å². The lowest BCUT2D eigenvalue weighted by Gasteiger charge is -2.41. The van der Waals surface area contributed by atoms with Crippen molar-refractivity contribution in [1.82, 2.24) is 19.8 Å². The van der Waals surface area contributed by atoms with E-state index in [2.05, 4.69) is 10.3 Å². The van der Waals surface area contributed by atoms with Crippen molar-refractivity contribution in [2.75, 3.05) is 40.5 Å². The zero-order chi connectivity index (χ0) is 43.9. The zero-order valence-corrected chi connectivity index (χ0v) is 34.9. The molecule has 0 spiro atoms. The molecule has 6 aromatic rings. The van der Waals surface area contributed by atoms with Crippen molar-refractivity contribution >= 4 is 12.0 Å². The van der Waals surface area contributed by atoms with Crippen molar-refractivity contribution in [3.63, 3.8) is 0 Å². The highest BCUT2D eigenvalue weighted by molar-refractivity contribution is 5.83. The summed E-state index contributed by atoms with van der Waals surface area (Å²) in [6, 6.07) is 39.3. The van der Waals surface area contributed by atoms with Crippen LogP contribution in [0.4, 0.5) is 4.79 Å². The first kappa shape index (κ1) is 41.4. The molecule has 14 heteroatoms. The van der Waals surface area contributed by atoms with Crippen LogP contribution in [0.25, 0.3) is 11.1 Å². The Hall–Kier alpha value is -7.00. The third-order valence-corrected chi connectivity index (χ3v) is 12.5. The van der Waals surface area contributed by atoms with E-state index in [4.69, 9.17) is 23.7 Å². The van der Waals surface area contributed by atoms with E-state index >= 15 is 0 Å². The molecule has 3 aliphatic rings. The smallest absolute Gasteiger partial charge is 0.407 e. The second-order valence-corrected chi connectivity index (χ2v) is 16.0. The molecule has 1 aromatic heterocycles. The number of H-pyrrole nitrogens is 1. The van der Waals surface area contributed by atoms with E-state index < -0.39 is 59.4 Å². The predicted molar refractivity (Wildman–Crippen MR) is 232 cm³/mol. The van der Waals surface area contributed by atoms with Crippen LogP contribution in [-0.2, 0) is 24.6 Å². The third-order valence-electron chi connectivity index (χ3n) is 12.5. The maximum atomic E-state index is 14.3. The topological polar surface area (TPSA) is 171 Å². The van der Waals surface area contributed by atoms with E-state index in [9.17, 15) is 24.3 Å². The lowest BCUT2D eigenvalue weighted by molar-refractivity contribution is -0.183. The molecule has 0 saturated carbocycles. The Balaban J connectivity index is 1.02. The summed E-state index contributed by atoms with van der Waals surface area (Å²) in [6.45, 7) is 0.670. The molecule has 63 heavy (non-hydrogen) atoms. The largest absolute Gasteiger partial charge is 0.497 e. The van der Waals surface area contributed by atoms with Crippen LogP contribution in [0.5, 0.6) is 11.5 Å². The summed E-state index contributed by atoms with van der Waals surface area (Å²) in [6.07, 6.45) is -2.08. The molecule has 2 saturated heterocycles. The number of nitrogens with zero attached hydrogens (tertiary/aromatic N) is 2. The van der Waals surface area contributed by atoms with E-state index in [1.165, 1.54) is 22.6 Å². The first-order chi connectivity index (χ1) is 30.6. The maximum Gasteiger partial charge on any atom is 0.407 e. The Kier molecular flexibility index (Phi) is 11.0. The van der Waals surface area contributed by atoms with E-state index in [1.54, 1.807) is 14.2 Å². The van der Waals surface area contributed by atoms with Crippen molar-refractivity contribution in [2.24, 2.45) is 0 Å². The molecular formula is C49H46N4O10. The second-order valence-electron chi connectivity index (χ2n) is 16.0. The van der Waals surface area contributed by atoms with Gasteiger partial charge in [-0.05, 0) is 70.1 Å². The molecule has 3 N–H and O–H groups in total. The molecule has 2 fully saturated rings. The van der Waals surface area contributed by atoms with Gasteiger partial charge in [0.1, 0.15) is 48.0 Å². The Bertz CT molecular complexity index is 2680. The molecule has 2 bridgehead atoms. The highest BCUT2D eigenvalue weighted by atomic mass is 16.6. The fraction of sp³-hybridized carbons (Fsp3) is 0.265. The van der Waals surface area contributed by atoms with Gasteiger partial charge in [-0.2, -0.15) is 0 Å². The number of carbonyl (C=O) groups is 2. The number of ether oxygens (including phenoxy) is 5. The number of methoxy groups -OCH3 is 2. The number of aromatic nitrogens is 2. The van der Waals surface area contributed by atoms with Gasteiger partial charge in [-0.3, -0.25) is 19.1 Å². The van der Waals surface area contributed by atoms with Crippen LogP contribution >= 0.6 is 0 Å². The fourth-order valence-corrected chi connectivity index (χ4v) is 9.32. The van der Waals surface area contributed by atoms with Crippen LogP contribution in [0.2, 0.25) is 0 Å². The first-order valence-corrected chi connectivity index (χ1v) is 20.6. The Morgan fingerprint density at radius 1 is 0.810 bits per heavy atom. The minimum Gasteiger partial charge on any atom is -0.497 e. The van der Waals surface area contributed by atoms with Gasteiger partial charge >= 0.3 is 11.8 Å². The highest BCUT2D eigenvalue weighted by Crippen LogP contribution is 2.50. The van der Waals surface area contributed by atoms with Gasteiger partial charge in [0.05, 0.1) is 27.4 Å². The number of hydrogen-bond donors (Lipinski definition) is 3. The molecular weight excluding hydrogens is 805 g/mol. The number of benzene rings is 5. The third kappa shape index (κ3) is 7.25. The molecule has 5 aromatic carbocycles. The summed E-state index contributed by atoms with van der Waals surface area (Å²) in [5, 5.41) is 14.9. The number of aryl methyl sites for hydroxylation is 1. The average Bonchev–Trinajstić information content (AvgIpc) is 3.90. The summed E-state index contributed by atoms with van der Waals surface area (Å²) in [5.74, 6) is 0.524. The summed E-state index contributed by atoms with van der Waals surface area (Å²) in [4.78, 5) is 57.0. The molecule has 322 valence electrons. The van der Waals surface area contributed by atoms with Gasteiger partial charge in [0.15, 0.2) is 6.23 Å². The monoisotopic (exact) mass is 850 g/mol. The van der Waals surface area contributed by atoms with E-state index in [0.29, 0.717) is 11.5 Å². The summed E-state index contributed by atoms with van der Waals surface area (Å²) < 4.78 is 31.7. The normalized spacial score (nSPS) is 19.9. The minimum atomic E-state index is -1.60. The van der Waals surface area contributed by atoms with Gasteiger partial charge < -0.3 is 39.0 Å². The lowest BCUT2D eigenvalue weighted by Crippen LogP contribution is -2.54. The first-order valence-electron chi connectivity index (χ1n) is 20.6. The summed E-state index contributed by atoms with van der Waals surface area (Å²) >= 11 is 0. The molecule has 2 amide bonds. The van der Waals surface area contributed by atoms with Gasteiger partial charge in [-0.25, -0.2) is 9.59 Å².